The van der Waals surface area contributed by atoms with E-state index in [-0.39, 0.29) is 12.8 Å². The number of rotatable bonds is 3. The average molecular weight is 300 g/mol. The first-order valence-corrected chi connectivity index (χ1v) is 6.92. The number of aliphatic imine (C=N–C) groups is 2. The van der Waals surface area contributed by atoms with E-state index in [1.807, 2.05) is 24.3 Å². The molecule has 2 heterocycles. The Kier molecular flexibility index (Phi) is 6.04. The number of esters is 2. The molecule has 2 rings (SSSR count). The number of hydrogen-bond donors (Lipinski definition) is 0. The zero-order chi connectivity index (χ0) is 15.6. The molecule has 0 aliphatic carbocycles. The highest BCUT2D eigenvalue weighted by Crippen LogP contribution is 2.05. The maximum Gasteiger partial charge on any atom is 0.312 e. The van der Waals surface area contributed by atoms with Crippen molar-refractivity contribution in [2.45, 2.75) is 25.7 Å². The number of hydrogen-bond acceptors (Lipinski definition) is 6. The Labute approximate surface area is 128 Å². The van der Waals surface area contributed by atoms with Crippen LogP contribution in [0.2, 0.25) is 0 Å². The summed E-state index contributed by atoms with van der Waals surface area (Å²) in [6, 6.07) is 0. The van der Waals surface area contributed by atoms with Gasteiger partial charge in [-0.3, -0.25) is 9.59 Å². The molecule has 0 N–H and O–H groups in total. The van der Waals surface area contributed by atoms with Crippen molar-refractivity contribution < 1.29 is 19.1 Å². The highest BCUT2D eigenvalue weighted by Gasteiger charge is 2.13. The Morgan fingerprint density at radius 3 is 1.73 bits per heavy atom. The molecule has 114 valence electrons. The van der Waals surface area contributed by atoms with E-state index in [1.54, 1.807) is 24.6 Å². The number of allylic oxidation sites excluding steroid dienone is 4. The Morgan fingerprint density at radius 2 is 1.27 bits per heavy atom. The van der Waals surface area contributed by atoms with Crippen LogP contribution in [0.1, 0.15) is 25.7 Å². The first kappa shape index (κ1) is 15.6. The van der Waals surface area contributed by atoms with Crippen LogP contribution >= 0.6 is 0 Å². The predicted octanol–water partition coefficient (Wildman–Crippen LogP) is 2.60. The summed E-state index contributed by atoms with van der Waals surface area (Å²) in [5.41, 5.74) is 0. The molecule has 2 aliphatic rings. The van der Waals surface area contributed by atoms with Gasteiger partial charge < -0.3 is 9.47 Å². The lowest BCUT2D eigenvalue weighted by Crippen LogP contribution is -2.16. The van der Waals surface area contributed by atoms with E-state index >= 15 is 0 Å². The fourth-order valence-electron chi connectivity index (χ4n) is 1.66. The fourth-order valence-corrected chi connectivity index (χ4v) is 1.66. The van der Waals surface area contributed by atoms with Crippen LogP contribution in [0.25, 0.3) is 0 Å². The van der Waals surface area contributed by atoms with Gasteiger partial charge in [-0.25, -0.2) is 9.98 Å². The zero-order valence-corrected chi connectivity index (χ0v) is 12.0. The van der Waals surface area contributed by atoms with Crippen LogP contribution in [-0.4, -0.2) is 23.7 Å². The summed E-state index contributed by atoms with van der Waals surface area (Å²) >= 11 is 0. The predicted molar refractivity (Wildman–Crippen MR) is 82.1 cm³/mol. The molecule has 0 spiro atoms. The highest BCUT2D eigenvalue weighted by molar-refractivity contribution is 5.93. The molecule has 0 aromatic carbocycles. The third kappa shape index (κ3) is 5.70. The number of carbonyl (C=O) groups excluding carboxylic acids is 2. The minimum atomic E-state index is -0.512. The zero-order valence-electron chi connectivity index (χ0n) is 12.0. The van der Waals surface area contributed by atoms with Gasteiger partial charge in [0, 0.05) is 25.2 Å². The standard InChI is InChI=1S/C16H16N2O4/c19-15(21-13-7-3-1-5-11-17-13)9-10-16(20)22-14-8-4-2-6-12-18-14/h1-6,11-12H,7-10H2. The lowest BCUT2D eigenvalue weighted by Gasteiger charge is -2.06. The maximum atomic E-state index is 11.7. The quantitative estimate of drug-likeness (QED) is 0.751. The molecule has 0 unspecified atom stereocenters. The van der Waals surface area contributed by atoms with E-state index in [4.69, 9.17) is 9.47 Å². The average Bonchev–Trinajstić information content (AvgIpc) is 2.90. The molecule has 0 saturated heterocycles. The summed E-state index contributed by atoms with van der Waals surface area (Å²) in [4.78, 5) is 31.3. The van der Waals surface area contributed by atoms with Crippen LogP contribution in [-0.2, 0) is 19.1 Å². The second-order valence-corrected chi connectivity index (χ2v) is 4.44. The van der Waals surface area contributed by atoms with E-state index in [2.05, 4.69) is 9.98 Å². The Hall–Kier alpha value is -2.76. The first-order valence-electron chi connectivity index (χ1n) is 6.92. The molecule has 0 amide bonds. The lowest BCUT2D eigenvalue weighted by atomic mass is 10.3. The Morgan fingerprint density at radius 1 is 0.818 bits per heavy atom. The number of carbonyl (C=O) groups is 2. The molecular formula is C16H16N2O4. The van der Waals surface area contributed by atoms with Gasteiger partial charge in [0.1, 0.15) is 0 Å². The van der Waals surface area contributed by atoms with E-state index < -0.39 is 11.9 Å². The molecule has 6 nitrogen and oxygen atoms in total. The first-order chi connectivity index (χ1) is 10.7. The van der Waals surface area contributed by atoms with Gasteiger partial charge >= 0.3 is 11.9 Å². The van der Waals surface area contributed by atoms with E-state index in [9.17, 15) is 9.59 Å². The van der Waals surface area contributed by atoms with E-state index in [0.29, 0.717) is 24.6 Å². The fraction of sp³-hybridized carbons (Fsp3) is 0.250. The van der Waals surface area contributed by atoms with E-state index in [1.165, 1.54) is 0 Å². The minimum Gasteiger partial charge on any atom is -0.411 e. The molecule has 0 saturated carbocycles. The van der Waals surface area contributed by atoms with Gasteiger partial charge in [0.25, 0.3) is 0 Å². The summed E-state index contributed by atoms with van der Waals surface area (Å²) in [6.45, 7) is 0. The van der Waals surface area contributed by atoms with Crippen LogP contribution in [0.5, 0.6) is 0 Å². The lowest BCUT2D eigenvalue weighted by molar-refractivity contribution is -0.142. The second kappa shape index (κ2) is 8.51. The monoisotopic (exact) mass is 300 g/mol. The molecule has 6 heteroatoms. The third-order valence-electron chi connectivity index (χ3n) is 2.69. The summed E-state index contributed by atoms with van der Waals surface area (Å²) in [6.07, 6.45) is 14.6. The summed E-state index contributed by atoms with van der Waals surface area (Å²) < 4.78 is 10.2. The summed E-state index contributed by atoms with van der Waals surface area (Å²) in [5, 5.41) is 0. The summed E-state index contributed by atoms with van der Waals surface area (Å²) in [5.74, 6) is -0.400. The smallest absolute Gasteiger partial charge is 0.312 e. The normalized spacial score (nSPS) is 16.4. The van der Waals surface area contributed by atoms with Crippen LogP contribution in [0.4, 0.5) is 0 Å². The van der Waals surface area contributed by atoms with Gasteiger partial charge in [-0.2, -0.15) is 0 Å². The minimum absolute atomic E-state index is 0.0652. The molecule has 0 aromatic heterocycles. The van der Waals surface area contributed by atoms with Gasteiger partial charge in [-0.15, -0.1) is 0 Å². The van der Waals surface area contributed by atoms with Crippen molar-refractivity contribution in [1.82, 2.24) is 0 Å². The van der Waals surface area contributed by atoms with Crippen LogP contribution in [0.3, 0.4) is 0 Å². The maximum absolute atomic E-state index is 11.7. The van der Waals surface area contributed by atoms with Crippen LogP contribution < -0.4 is 0 Å². The van der Waals surface area contributed by atoms with Crippen molar-refractivity contribution >= 4 is 23.7 Å². The number of nitrogens with zero attached hydrogens (tertiary/aromatic N) is 2. The van der Waals surface area contributed by atoms with E-state index in [0.717, 1.165) is 0 Å². The Balaban J connectivity index is 1.72. The molecular weight excluding hydrogens is 284 g/mol. The summed E-state index contributed by atoms with van der Waals surface area (Å²) in [7, 11) is 0. The molecule has 0 bridgehead atoms. The van der Waals surface area contributed by atoms with Crippen LogP contribution in [0, 0.1) is 0 Å². The second-order valence-electron chi connectivity index (χ2n) is 4.44. The highest BCUT2D eigenvalue weighted by atomic mass is 16.5. The number of ether oxygens (including phenoxy) is 2. The van der Waals surface area contributed by atoms with Gasteiger partial charge in [0.05, 0.1) is 12.8 Å². The van der Waals surface area contributed by atoms with Crippen molar-refractivity contribution in [1.29, 1.82) is 0 Å². The molecule has 0 aromatic rings. The van der Waals surface area contributed by atoms with Crippen LogP contribution in [0.15, 0.2) is 58.8 Å². The molecule has 0 fully saturated rings. The largest absolute Gasteiger partial charge is 0.411 e. The van der Waals surface area contributed by atoms with Gasteiger partial charge in [0.15, 0.2) is 0 Å². The van der Waals surface area contributed by atoms with Gasteiger partial charge in [-0.1, -0.05) is 24.3 Å². The van der Waals surface area contributed by atoms with Crippen molar-refractivity contribution in [2.75, 3.05) is 0 Å². The molecule has 0 atom stereocenters. The topological polar surface area (TPSA) is 77.3 Å². The van der Waals surface area contributed by atoms with Crippen molar-refractivity contribution in [3.8, 4) is 0 Å². The van der Waals surface area contributed by atoms with Crippen molar-refractivity contribution in [3.63, 3.8) is 0 Å². The molecule has 2 aliphatic heterocycles. The third-order valence-corrected chi connectivity index (χ3v) is 2.69. The van der Waals surface area contributed by atoms with Crippen molar-refractivity contribution in [3.05, 3.63) is 48.9 Å². The Bertz CT molecular complexity index is 556. The molecule has 0 radical (unpaired) electrons. The van der Waals surface area contributed by atoms with Gasteiger partial charge in [-0.05, 0) is 12.2 Å². The SMILES string of the molecule is O=C(CCC(=O)OC1=NC=CC=CC1)OC1=NC=CC=CC1. The molecule has 22 heavy (non-hydrogen) atoms. The van der Waals surface area contributed by atoms with Gasteiger partial charge in [0.2, 0.25) is 11.8 Å². The van der Waals surface area contributed by atoms with Crippen molar-refractivity contribution in [2.24, 2.45) is 9.98 Å².